The summed E-state index contributed by atoms with van der Waals surface area (Å²) >= 11 is 0. The molecule has 2 amide bonds. The molecule has 1 N–H and O–H groups in total. The van der Waals surface area contributed by atoms with Crippen LogP contribution >= 0.6 is 0 Å². The van der Waals surface area contributed by atoms with Crippen LogP contribution in [0.2, 0.25) is 0 Å². The molecule has 0 bridgehead atoms. The maximum absolute atomic E-state index is 12.5. The van der Waals surface area contributed by atoms with Crippen molar-refractivity contribution in [3.8, 4) is 0 Å². The van der Waals surface area contributed by atoms with E-state index in [9.17, 15) is 9.59 Å². The lowest BCUT2D eigenvalue weighted by molar-refractivity contribution is -0.127. The number of rotatable bonds is 9. The van der Waals surface area contributed by atoms with Gasteiger partial charge in [-0.25, -0.2) is 0 Å². The first-order chi connectivity index (χ1) is 13.6. The molecule has 0 aromatic heterocycles. The lowest BCUT2D eigenvalue weighted by Crippen LogP contribution is -2.38. The van der Waals surface area contributed by atoms with Crippen LogP contribution in [-0.2, 0) is 16.1 Å². The number of anilines is 1. The number of likely N-dealkylation sites (tertiary alicyclic amines) is 1. The SMILES string of the molecule is Cc1ccc(N(CC(=O)NCCCN2CCCC2=O)Cc2ccccc2)cc1. The normalized spacial score (nSPS) is 13.6. The van der Waals surface area contributed by atoms with E-state index in [0.29, 0.717) is 26.1 Å². The third-order valence-corrected chi connectivity index (χ3v) is 5.05. The van der Waals surface area contributed by atoms with E-state index in [1.54, 1.807) is 0 Å². The first kappa shape index (κ1) is 19.9. The minimum atomic E-state index is 0.00394. The Morgan fingerprint density at radius 1 is 1.11 bits per heavy atom. The third-order valence-electron chi connectivity index (χ3n) is 5.05. The molecule has 28 heavy (non-hydrogen) atoms. The maximum atomic E-state index is 12.5. The van der Waals surface area contributed by atoms with Crippen molar-refractivity contribution >= 4 is 17.5 Å². The molecule has 0 radical (unpaired) electrons. The summed E-state index contributed by atoms with van der Waals surface area (Å²) in [7, 11) is 0. The van der Waals surface area contributed by atoms with Crippen molar-refractivity contribution in [3.05, 3.63) is 65.7 Å². The Morgan fingerprint density at radius 2 is 1.86 bits per heavy atom. The molecule has 5 nitrogen and oxygen atoms in total. The number of nitrogens with zero attached hydrogens (tertiary/aromatic N) is 2. The summed E-state index contributed by atoms with van der Waals surface area (Å²) in [6.45, 7) is 5.22. The lowest BCUT2D eigenvalue weighted by Gasteiger charge is -2.25. The minimum absolute atomic E-state index is 0.00394. The van der Waals surface area contributed by atoms with Crippen molar-refractivity contribution in [2.24, 2.45) is 0 Å². The number of amides is 2. The third kappa shape index (κ3) is 5.84. The van der Waals surface area contributed by atoms with Gasteiger partial charge in [0.2, 0.25) is 11.8 Å². The average molecular weight is 380 g/mol. The van der Waals surface area contributed by atoms with Crippen LogP contribution in [0.1, 0.15) is 30.4 Å². The molecule has 0 aliphatic carbocycles. The van der Waals surface area contributed by atoms with Crippen molar-refractivity contribution < 1.29 is 9.59 Å². The average Bonchev–Trinajstić information content (AvgIpc) is 3.11. The highest BCUT2D eigenvalue weighted by molar-refractivity contribution is 5.81. The largest absolute Gasteiger partial charge is 0.358 e. The Balaban J connectivity index is 1.53. The van der Waals surface area contributed by atoms with Crippen molar-refractivity contribution in [2.45, 2.75) is 32.7 Å². The molecule has 1 aliphatic rings. The fourth-order valence-electron chi connectivity index (χ4n) is 3.47. The zero-order valence-electron chi connectivity index (χ0n) is 16.6. The molecular weight excluding hydrogens is 350 g/mol. The molecule has 1 aliphatic heterocycles. The smallest absolute Gasteiger partial charge is 0.239 e. The summed E-state index contributed by atoms with van der Waals surface area (Å²) in [5, 5.41) is 3.00. The zero-order valence-corrected chi connectivity index (χ0v) is 16.6. The van der Waals surface area contributed by atoms with Gasteiger partial charge in [0, 0.05) is 38.3 Å². The van der Waals surface area contributed by atoms with Crippen LogP contribution in [0.15, 0.2) is 54.6 Å². The number of nitrogens with one attached hydrogen (secondary N) is 1. The van der Waals surface area contributed by atoms with Crippen molar-refractivity contribution in [3.63, 3.8) is 0 Å². The number of hydrogen-bond acceptors (Lipinski definition) is 3. The molecule has 2 aromatic rings. The van der Waals surface area contributed by atoms with Crippen LogP contribution in [0.4, 0.5) is 5.69 Å². The van der Waals surface area contributed by atoms with Crippen LogP contribution in [0.3, 0.4) is 0 Å². The molecule has 0 unspecified atom stereocenters. The Labute approximate surface area is 167 Å². The minimum Gasteiger partial charge on any atom is -0.358 e. The molecular formula is C23H29N3O2. The second-order valence-electron chi connectivity index (χ2n) is 7.37. The van der Waals surface area contributed by atoms with E-state index < -0.39 is 0 Å². The number of carbonyl (C=O) groups excluding carboxylic acids is 2. The summed E-state index contributed by atoms with van der Waals surface area (Å²) in [6.07, 6.45) is 2.41. The Kier molecular flexibility index (Phi) is 7.06. The summed E-state index contributed by atoms with van der Waals surface area (Å²) < 4.78 is 0. The number of hydrogen-bond donors (Lipinski definition) is 1. The fourth-order valence-corrected chi connectivity index (χ4v) is 3.47. The highest BCUT2D eigenvalue weighted by Crippen LogP contribution is 2.18. The van der Waals surface area contributed by atoms with E-state index in [0.717, 1.165) is 31.6 Å². The lowest BCUT2D eigenvalue weighted by atomic mass is 10.1. The predicted octanol–water partition coefficient (Wildman–Crippen LogP) is 3.13. The van der Waals surface area contributed by atoms with Gasteiger partial charge in [0.25, 0.3) is 0 Å². The molecule has 0 spiro atoms. The van der Waals surface area contributed by atoms with E-state index >= 15 is 0 Å². The molecule has 0 atom stereocenters. The Bertz CT molecular complexity index is 774. The van der Waals surface area contributed by atoms with Gasteiger partial charge < -0.3 is 15.1 Å². The molecule has 5 heteroatoms. The van der Waals surface area contributed by atoms with E-state index in [4.69, 9.17) is 0 Å². The summed E-state index contributed by atoms with van der Waals surface area (Å²) in [5.41, 5.74) is 3.40. The van der Waals surface area contributed by atoms with Crippen LogP contribution < -0.4 is 10.2 Å². The van der Waals surface area contributed by atoms with E-state index in [2.05, 4.69) is 53.5 Å². The van der Waals surface area contributed by atoms with Gasteiger partial charge in [0.15, 0.2) is 0 Å². The summed E-state index contributed by atoms with van der Waals surface area (Å²) in [5.74, 6) is 0.240. The Hall–Kier alpha value is -2.82. The molecule has 1 fully saturated rings. The number of aryl methyl sites for hydroxylation is 1. The summed E-state index contributed by atoms with van der Waals surface area (Å²) in [4.78, 5) is 28.1. The van der Waals surface area contributed by atoms with Gasteiger partial charge in [-0.2, -0.15) is 0 Å². The van der Waals surface area contributed by atoms with E-state index in [-0.39, 0.29) is 11.8 Å². The molecule has 1 saturated heterocycles. The van der Waals surface area contributed by atoms with Gasteiger partial charge in [-0.05, 0) is 37.5 Å². The number of carbonyl (C=O) groups is 2. The molecule has 148 valence electrons. The van der Waals surface area contributed by atoms with E-state index in [1.807, 2.05) is 23.1 Å². The molecule has 2 aromatic carbocycles. The van der Waals surface area contributed by atoms with Crippen LogP contribution in [0.5, 0.6) is 0 Å². The fraction of sp³-hybridized carbons (Fsp3) is 0.391. The van der Waals surface area contributed by atoms with Crippen molar-refractivity contribution in [2.75, 3.05) is 31.1 Å². The second kappa shape index (κ2) is 9.93. The number of benzene rings is 2. The first-order valence-corrected chi connectivity index (χ1v) is 10.0. The Morgan fingerprint density at radius 3 is 2.54 bits per heavy atom. The topological polar surface area (TPSA) is 52.7 Å². The molecule has 1 heterocycles. The standard InChI is InChI=1S/C23H29N3O2/c1-19-10-12-21(13-11-19)26(17-20-7-3-2-4-8-20)18-22(27)24-14-6-16-25-15-5-9-23(25)28/h2-4,7-8,10-13H,5-6,9,14-18H2,1H3,(H,24,27). The van der Waals surface area contributed by atoms with Gasteiger partial charge in [-0.15, -0.1) is 0 Å². The molecule has 0 saturated carbocycles. The van der Waals surface area contributed by atoms with Crippen molar-refractivity contribution in [1.29, 1.82) is 0 Å². The first-order valence-electron chi connectivity index (χ1n) is 10.0. The quantitative estimate of drug-likeness (QED) is 0.681. The van der Waals surface area contributed by atoms with Crippen LogP contribution in [0.25, 0.3) is 0 Å². The monoisotopic (exact) mass is 379 g/mol. The van der Waals surface area contributed by atoms with Crippen molar-refractivity contribution in [1.82, 2.24) is 10.2 Å². The predicted molar refractivity (Wildman–Crippen MR) is 112 cm³/mol. The highest BCUT2D eigenvalue weighted by Gasteiger charge is 2.19. The van der Waals surface area contributed by atoms with E-state index in [1.165, 1.54) is 11.1 Å². The maximum Gasteiger partial charge on any atom is 0.239 e. The zero-order chi connectivity index (χ0) is 19.8. The second-order valence-corrected chi connectivity index (χ2v) is 7.37. The van der Waals surface area contributed by atoms with Crippen LogP contribution in [-0.4, -0.2) is 42.9 Å². The van der Waals surface area contributed by atoms with Gasteiger partial charge in [-0.3, -0.25) is 9.59 Å². The van der Waals surface area contributed by atoms with Gasteiger partial charge >= 0.3 is 0 Å². The molecule has 3 rings (SSSR count). The van der Waals surface area contributed by atoms with Gasteiger partial charge in [-0.1, -0.05) is 48.0 Å². The van der Waals surface area contributed by atoms with Crippen LogP contribution in [0, 0.1) is 6.92 Å². The summed E-state index contributed by atoms with van der Waals surface area (Å²) in [6, 6.07) is 18.4. The highest BCUT2D eigenvalue weighted by atomic mass is 16.2. The van der Waals surface area contributed by atoms with Gasteiger partial charge in [0.05, 0.1) is 6.54 Å². The van der Waals surface area contributed by atoms with Gasteiger partial charge in [0.1, 0.15) is 0 Å².